The van der Waals surface area contributed by atoms with Crippen LogP contribution in [0.3, 0.4) is 0 Å². The van der Waals surface area contributed by atoms with Crippen molar-refractivity contribution >= 4 is 5.91 Å². The summed E-state index contributed by atoms with van der Waals surface area (Å²) in [5, 5.41) is 18.7. The highest BCUT2D eigenvalue weighted by Crippen LogP contribution is 1.89. The molecule has 0 aromatic rings. The molecular formula is C6H11NO3. The second-order valence-electron chi connectivity index (χ2n) is 1.73. The molecule has 0 aliphatic rings. The second-order valence-corrected chi connectivity index (χ2v) is 1.73. The van der Waals surface area contributed by atoms with Gasteiger partial charge < -0.3 is 15.5 Å². The molecule has 0 aliphatic carbocycles. The van der Waals surface area contributed by atoms with E-state index in [9.17, 15) is 4.79 Å². The van der Waals surface area contributed by atoms with Crippen LogP contribution in [0.2, 0.25) is 0 Å². The van der Waals surface area contributed by atoms with E-state index in [0.717, 1.165) is 0 Å². The molecule has 0 radical (unpaired) electrons. The van der Waals surface area contributed by atoms with Crippen molar-refractivity contribution in [1.82, 2.24) is 5.32 Å². The number of amides is 1. The van der Waals surface area contributed by atoms with E-state index in [0.29, 0.717) is 5.57 Å². The predicted octanol–water partition coefficient (Wildman–Crippen LogP) is -1.01. The molecule has 0 heterocycles. The van der Waals surface area contributed by atoms with Crippen molar-refractivity contribution in [3.05, 3.63) is 11.6 Å². The van der Waals surface area contributed by atoms with Crippen molar-refractivity contribution in [2.45, 2.75) is 6.92 Å². The Bertz CT molecular complexity index is 142. The fraction of sp³-hybridized carbons (Fsp3) is 0.500. The Hall–Kier alpha value is -0.870. The van der Waals surface area contributed by atoms with Crippen molar-refractivity contribution in [3.8, 4) is 0 Å². The van der Waals surface area contributed by atoms with Gasteiger partial charge in [-0.15, -0.1) is 0 Å². The number of aliphatic hydroxyl groups is 2. The van der Waals surface area contributed by atoms with Gasteiger partial charge in [-0.3, -0.25) is 4.79 Å². The molecule has 0 rings (SSSR count). The smallest absolute Gasteiger partial charge is 0.248 e. The van der Waals surface area contributed by atoms with Gasteiger partial charge in [0.05, 0.1) is 6.61 Å². The zero-order valence-corrected chi connectivity index (χ0v) is 5.79. The fourth-order valence-corrected chi connectivity index (χ4v) is 0.441. The Morgan fingerprint density at radius 3 is 2.60 bits per heavy atom. The Morgan fingerprint density at radius 2 is 2.20 bits per heavy atom. The van der Waals surface area contributed by atoms with Crippen LogP contribution in [0.1, 0.15) is 6.92 Å². The van der Waals surface area contributed by atoms with Crippen molar-refractivity contribution < 1.29 is 15.0 Å². The highest BCUT2D eigenvalue weighted by Gasteiger charge is 1.99. The van der Waals surface area contributed by atoms with Gasteiger partial charge in [0, 0.05) is 5.57 Å². The molecule has 0 spiro atoms. The van der Waals surface area contributed by atoms with Gasteiger partial charge in [0.15, 0.2) is 0 Å². The molecule has 1 amide bonds. The Balaban J connectivity index is 3.82. The minimum absolute atomic E-state index is 0.162. The summed E-state index contributed by atoms with van der Waals surface area (Å²) in [4.78, 5) is 10.7. The molecule has 0 saturated heterocycles. The second kappa shape index (κ2) is 4.96. The Labute approximate surface area is 59.2 Å². The van der Waals surface area contributed by atoms with Crippen molar-refractivity contribution in [1.29, 1.82) is 0 Å². The Kier molecular flexibility index (Phi) is 4.53. The van der Waals surface area contributed by atoms with Gasteiger partial charge in [0.2, 0.25) is 5.91 Å². The topological polar surface area (TPSA) is 69.6 Å². The molecule has 10 heavy (non-hydrogen) atoms. The quantitative estimate of drug-likeness (QED) is 0.352. The number of nitrogens with one attached hydrogen (secondary N) is 1. The standard InChI is InChI=1S/C6H11NO3/c1-5(2-3-8)6(10)7-4-9/h2,8-9H,3-4H2,1H3,(H,7,10). The summed E-state index contributed by atoms with van der Waals surface area (Å²) in [6, 6.07) is 0. The maximum Gasteiger partial charge on any atom is 0.248 e. The number of rotatable bonds is 3. The molecule has 0 bridgehead atoms. The summed E-state index contributed by atoms with van der Waals surface area (Å²) >= 11 is 0. The third-order valence-electron chi connectivity index (χ3n) is 0.995. The summed E-state index contributed by atoms with van der Waals surface area (Å²) in [5.74, 6) is -0.364. The van der Waals surface area contributed by atoms with Crippen LogP contribution in [-0.4, -0.2) is 29.5 Å². The molecule has 58 valence electrons. The van der Waals surface area contributed by atoms with Gasteiger partial charge >= 0.3 is 0 Å². The molecule has 0 aliphatic heterocycles. The lowest BCUT2D eigenvalue weighted by atomic mass is 10.3. The first kappa shape index (κ1) is 9.13. The van der Waals surface area contributed by atoms with Gasteiger partial charge in [0.25, 0.3) is 0 Å². The summed E-state index contributed by atoms with van der Waals surface area (Å²) < 4.78 is 0. The van der Waals surface area contributed by atoms with Gasteiger partial charge in [-0.05, 0) is 6.92 Å². The molecule has 0 atom stereocenters. The average molecular weight is 145 g/mol. The molecule has 0 saturated carbocycles. The van der Waals surface area contributed by atoms with Crippen LogP contribution in [0.5, 0.6) is 0 Å². The van der Waals surface area contributed by atoms with Crippen molar-refractivity contribution in [2.24, 2.45) is 0 Å². The molecule has 0 unspecified atom stereocenters. The number of carbonyl (C=O) groups excluding carboxylic acids is 1. The van der Waals surface area contributed by atoms with Crippen LogP contribution < -0.4 is 5.32 Å². The van der Waals surface area contributed by atoms with Crippen LogP contribution in [0.4, 0.5) is 0 Å². The first-order chi connectivity index (χ1) is 4.72. The Morgan fingerprint density at radius 1 is 1.60 bits per heavy atom. The van der Waals surface area contributed by atoms with Crippen LogP contribution in [0.15, 0.2) is 11.6 Å². The summed E-state index contributed by atoms with van der Waals surface area (Å²) in [6.45, 7) is 1.02. The largest absolute Gasteiger partial charge is 0.392 e. The maximum atomic E-state index is 10.7. The lowest BCUT2D eigenvalue weighted by Gasteiger charge is -1.99. The molecule has 0 aromatic carbocycles. The van der Waals surface area contributed by atoms with E-state index in [1.807, 2.05) is 0 Å². The van der Waals surface area contributed by atoms with Crippen LogP contribution in [0, 0.1) is 0 Å². The maximum absolute atomic E-state index is 10.7. The normalized spacial score (nSPS) is 11.3. The van der Waals surface area contributed by atoms with Gasteiger partial charge in [0.1, 0.15) is 6.73 Å². The van der Waals surface area contributed by atoms with Gasteiger partial charge in [-0.1, -0.05) is 6.08 Å². The van der Waals surface area contributed by atoms with E-state index in [-0.39, 0.29) is 19.2 Å². The summed E-state index contributed by atoms with van der Waals surface area (Å²) in [7, 11) is 0. The minimum Gasteiger partial charge on any atom is -0.392 e. The van der Waals surface area contributed by atoms with E-state index in [2.05, 4.69) is 5.32 Å². The molecule has 3 N–H and O–H groups in total. The van der Waals surface area contributed by atoms with Crippen LogP contribution in [0.25, 0.3) is 0 Å². The molecule has 4 nitrogen and oxygen atoms in total. The zero-order valence-electron chi connectivity index (χ0n) is 5.79. The number of hydrogen-bond acceptors (Lipinski definition) is 3. The summed E-state index contributed by atoms with van der Waals surface area (Å²) in [6.07, 6.45) is 1.37. The number of hydrogen-bond donors (Lipinski definition) is 3. The molecular weight excluding hydrogens is 134 g/mol. The lowest BCUT2D eigenvalue weighted by molar-refractivity contribution is -0.118. The van der Waals surface area contributed by atoms with Gasteiger partial charge in [-0.2, -0.15) is 0 Å². The summed E-state index contributed by atoms with van der Waals surface area (Å²) in [5.41, 5.74) is 0.400. The van der Waals surface area contributed by atoms with Crippen LogP contribution in [-0.2, 0) is 4.79 Å². The molecule has 0 fully saturated rings. The SMILES string of the molecule is CC(=CCO)C(=O)NCO. The van der Waals surface area contributed by atoms with E-state index in [4.69, 9.17) is 10.2 Å². The van der Waals surface area contributed by atoms with E-state index < -0.39 is 0 Å². The average Bonchev–Trinajstić information content (AvgIpc) is 1.89. The molecule has 0 aromatic heterocycles. The lowest BCUT2D eigenvalue weighted by Crippen LogP contribution is -2.24. The number of aliphatic hydroxyl groups excluding tert-OH is 2. The first-order valence-electron chi connectivity index (χ1n) is 2.89. The third kappa shape index (κ3) is 3.21. The molecule has 4 heteroatoms. The highest BCUT2D eigenvalue weighted by atomic mass is 16.3. The van der Waals surface area contributed by atoms with Crippen molar-refractivity contribution in [3.63, 3.8) is 0 Å². The van der Waals surface area contributed by atoms with E-state index >= 15 is 0 Å². The van der Waals surface area contributed by atoms with Crippen LogP contribution >= 0.6 is 0 Å². The van der Waals surface area contributed by atoms with Crippen molar-refractivity contribution in [2.75, 3.05) is 13.3 Å². The van der Waals surface area contributed by atoms with E-state index in [1.54, 1.807) is 6.92 Å². The van der Waals surface area contributed by atoms with E-state index in [1.165, 1.54) is 6.08 Å². The minimum atomic E-state index is -0.380. The predicted molar refractivity (Wildman–Crippen MR) is 36.1 cm³/mol. The highest BCUT2D eigenvalue weighted by molar-refractivity contribution is 5.92. The fourth-order valence-electron chi connectivity index (χ4n) is 0.441. The third-order valence-corrected chi connectivity index (χ3v) is 0.995. The van der Waals surface area contributed by atoms with Gasteiger partial charge in [-0.25, -0.2) is 0 Å². The number of carbonyl (C=O) groups is 1. The monoisotopic (exact) mass is 145 g/mol. The first-order valence-corrected chi connectivity index (χ1v) is 2.89. The zero-order chi connectivity index (χ0) is 7.98.